The number of nitrogens with zero attached hydrogens (tertiary/aromatic N) is 3. The van der Waals surface area contributed by atoms with E-state index < -0.39 is 0 Å². The quantitative estimate of drug-likeness (QED) is 0.828. The van der Waals surface area contributed by atoms with Crippen molar-refractivity contribution in [3.05, 3.63) is 47.3 Å². The molecule has 0 radical (unpaired) electrons. The fourth-order valence-corrected chi connectivity index (χ4v) is 2.31. The number of ketones is 1. The Morgan fingerprint density at radius 2 is 2.09 bits per heavy atom. The monoisotopic (exact) mass is 314 g/mol. The van der Waals surface area contributed by atoms with Crippen molar-refractivity contribution in [1.29, 1.82) is 0 Å². The van der Waals surface area contributed by atoms with Gasteiger partial charge < -0.3 is 5.32 Å². The van der Waals surface area contributed by atoms with Gasteiger partial charge in [0.05, 0.1) is 12.7 Å². The van der Waals surface area contributed by atoms with Crippen molar-refractivity contribution in [3.8, 4) is 0 Å². The first-order valence-electron chi connectivity index (χ1n) is 7.43. The van der Waals surface area contributed by atoms with E-state index in [4.69, 9.17) is 0 Å². The molecule has 0 aliphatic heterocycles. The summed E-state index contributed by atoms with van der Waals surface area (Å²) < 4.78 is 1.82. The molecule has 0 bridgehead atoms. The molecule has 0 spiro atoms. The number of benzene rings is 1. The molecule has 2 aromatic rings. The van der Waals surface area contributed by atoms with Crippen molar-refractivity contribution in [2.75, 3.05) is 18.9 Å². The van der Waals surface area contributed by atoms with Crippen LogP contribution in [0.15, 0.2) is 30.5 Å². The Balaban J connectivity index is 1.92. The molecule has 122 valence electrons. The largest absolute Gasteiger partial charge is 0.325 e. The van der Waals surface area contributed by atoms with E-state index in [2.05, 4.69) is 10.4 Å². The lowest BCUT2D eigenvalue weighted by Gasteiger charge is -2.16. The van der Waals surface area contributed by atoms with Crippen LogP contribution in [-0.2, 0) is 18.4 Å². The van der Waals surface area contributed by atoms with E-state index in [1.54, 1.807) is 24.3 Å². The van der Waals surface area contributed by atoms with Gasteiger partial charge in [-0.1, -0.05) is 12.1 Å². The fourth-order valence-electron chi connectivity index (χ4n) is 2.31. The van der Waals surface area contributed by atoms with Crippen LogP contribution in [-0.4, -0.2) is 40.0 Å². The highest BCUT2D eigenvalue weighted by Gasteiger charge is 2.11. The number of hydrogen-bond acceptors (Lipinski definition) is 4. The third-order valence-corrected chi connectivity index (χ3v) is 3.74. The molecule has 6 nitrogen and oxygen atoms in total. The molecule has 1 heterocycles. The first-order chi connectivity index (χ1) is 10.9. The molecule has 0 saturated heterocycles. The predicted molar refractivity (Wildman–Crippen MR) is 89.4 cm³/mol. The maximum Gasteiger partial charge on any atom is 0.238 e. The predicted octanol–water partition coefficient (Wildman–Crippen LogP) is 2.00. The summed E-state index contributed by atoms with van der Waals surface area (Å²) in [7, 11) is 3.78. The van der Waals surface area contributed by atoms with Gasteiger partial charge in [-0.25, -0.2) is 0 Å². The van der Waals surface area contributed by atoms with Gasteiger partial charge in [-0.15, -0.1) is 0 Å². The van der Waals surface area contributed by atoms with E-state index in [-0.39, 0.29) is 18.2 Å². The molecule has 0 fully saturated rings. The van der Waals surface area contributed by atoms with Crippen molar-refractivity contribution < 1.29 is 9.59 Å². The maximum atomic E-state index is 12.1. The van der Waals surface area contributed by atoms with Crippen LogP contribution in [0.3, 0.4) is 0 Å². The molecule has 2 rings (SSSR count). The molecule has 23 heavy (non-hydrogen) atoms. The SMILES string of the molecule is CC(=O)c1cccc(NC(=O)CN(C)Cc2cnn(C)c2C)c1. The second-order valence-corrected chi connectivity index (χ2v) is 5.74. The van der Waals surface area contributed by atoms with E-state index in [9.17, 15) is 9.59 Å². The lowest BCUT2D eigenvalue weighted by atomic mass is 10.1. The van der Waals surface area contributed by atoms with Crippen LogP contribution in [0.4, 0.5) is 5.69 Å². The Morgan fingerprint density at radius 3 is 2.70 bits per heavy atom. The van der Waals surface area contributed by atoms with Gasteiger partial charge in [-0.05, 0) is 33.0 Å². The van der Waals surface area contributed by atoms with Gasteiger partial charge in [-0.2, -0.15) is 5.10 Å². The molecular formula is C17H22N4O2. The highest BCUT2D eigenvalue weighted by atomic mass is 16.2. The van der Waals surface area contributed by atoms with E-state index in [1.165, 1.54) is 6.92 Å². The average Bonchev–Trinajstić information content (AvgIpc) is 2.79. The van der Waals surface area contributed by atoms with E-state index in [0.29, 0.717) is 17.8 Å². The van der Waals surface area contributed by atoms with Gasteiger partial charge in [-0.3, -0.25) is 19.2 Å². The van der Waals surface area contributed by atoms with Crippen LogP contribution in [0.25, 0.3) is 0 Å². The average molecular weight is 314 g/mol. The third kappa shape index (κ3) is 4.50. The molecule has 0 aliphatic carbocycles. The number of aromatic nitrogens is 2. The van der Waals surface area contributed by atoms with Gasteiger partial charge in [0.1, 0.15) is 0 Å². The molecule has 0 aliphatic rings. The molecule has 1 aromatic heterocycles. The second-order valence-electron chi connectivity index (χ2n) is 5.74. The highest BCUT2D eigenvalue weighted by molar-refractivity contribution is 5.97. The van der Waals surface area contributed by atoms with Crippen LogP contribution in [0.5, 0.6) is 0 Å². The summed E-state index contributed by atoms with van der Waals surface area (Å²) in [6.45, 7) is 4.42. The summed E-state index contributed by atoms with van der Waals surface area (Å²) in [5, 5.41) is 7.02. The molecule has 1 aromatic carbocycles. The van der Waals surface area contributed by atoms with Crippen molar-refractivity contribution in [1.82, 2.24) is 14.7 Å². The van der Waals surface area contributed by atoms with Gasteiger partial charge in [0.25, 0.3) is 0 Å². The molecule has 1 amide bonds. The third-order valence-electron chi connectivity index (χ3n) is 3.74. The summed E-state index contributed by atoms with van der Waals surface area (Å²) in [5.74, 6) is -0.139. The molecule has 6 heteroatoms. The zero-order valence-electron chi connectivity index (χ0n) is 14.0. The Morgan fingerprint density at radius 1 is 1.35 bits per heavy atom. The fraction of sp³-hybridized carbons (Fsp3) is 0.353. The molecule has 1 N–H and O–H groups in total. The minimum absolute atomic E-state index is 0.0229. The van der Waals surface area contributed by atoms with Crippen LogP contribution in [0.2, 0.25) is 0 Å². The van der Waals surface area contributed by atoms with Gasteiger partial charge in [0, 0.05) is 36.1 Å². The number of anilines is 1. The van der Waals surface area contributed by atoms with Crippen molar-refractivity contribution in [3.63, 3.8) is 0 Å². The van der Waals surface area contributed by atoms with Gasteiger partial charge >= 0.3 is 0 Å². The first kappa shape index (κ1) is 16.9. The van der Waals surface area contributed by atoms with Crippen LogP contribution in [0.1, 0.15) is 28.5 Å². The minimum Gasteiger partial charge on any atom is -0.325 e. The summed E-state index contributed by atoms with van der Waals surface area (Å²) in [5.41, 5.74) is 3.41. The van der Waals surface area contributed by atoms with E-state index >= 15 is 0 Å². The lowest BCUT2D eigenvalue weighted by molar-refractivity contribution is -0.117. The van der Waals surface area contributed by atoms with E-state index in [0.717, 1.165) is 11.3 Å². The van der Waals surface area contributed by atoms with Crippen LogP contribution in [0, 0.1) is 6.92 Å². The Kier molecular flexibility index (Phi) is 5.28. The minimum atomic E-state index is -0.116. The number of rotatable bonds is 6. The number of carbonyl (C=O) groups is 2. The number of Topliss-reactive ketones (excluding diaryl/α,β-unsaturated/α-hetero) is 1. The van der Waals surface area contributed by atoms with Gasteiger partial charge in [0.15, 0.2) is 5.78 Å². The molecular weight excluding hydrogens is 292 g/mol. The lowest BCUT2D eigenvalue weighted by Crippen LogP contribution is -2.30. The Labute approximate surface area is 136 Å². The van der Waals surface area contributed by atoms with Crippen molar-refractivity contribution >= 4 is 17.4 Å². The molecule has 0 saturated carbocycles. The summed E-state index contributed by atoms with van der Waals surface area (Å²) in [6, 6.07) is 6.95. The summed E-state index contributed by atoms with van der Waals surface area (Å²) in [6.07, 6.45) is 1.82. The number of carbonyl (C=O) groups excluding carboxylic acids is 2. The Hall–Kier alpha value is -2.47. The summed E-state index contributed by atoms with van der Waals surface area (Å²) >= 11 is 0. The summed E-state index contributed by atoms with van der Waals surface area (Å²) in [4.78, 5) is 25.4. The van der Waals surface area contributed by atoms with Crippen LogP contribution >= 0.6 is 0 Å². The number of aryl methyl sites for hydroxylation is 1. The van der Waals surface area contributed by atoms with Crippen LogP contribution < -0.4 is 5.32 Å². The van der Waals surface area contributed by atoms with Crippen molar-refractivity contribution in [2.24, 2.45) is 7.05 Å². The topological polar surface area (TPSA) is 67.2 Å². The number of hydrogen-bond donors (Lipinski definition) is 1. The van der Waals surface area contributed by atoms with E-state index in [1.807, 2.05) is 36.8 Å². The number of amides is 1. The maximum absolute atomic E-state index is 12.1. The normalized spacial score (nSPS) is 10.8. The zero-order valence-corrected chi connectivity index (χ0v) is 14.0. The zero-order chi connectivity index (χ0) is 17.0. The van der Waals surface area contributed by atoms with Gasteiger partial charge in [0.2, 0.25) is 5.91 Å². The standard InChI is InChI=1S/C17H22N4O2/c1-12-15(9-18-21(12)4)10-20(3)11-17(23)19-16-7-5-6-14(8-16)13(2)22/h5-9H,10-11H2,1-4H3,(H,19,23). The first-order valence-corrected chi connectivity index (χ1v) is 7.43. The Bertz CT molecular complexity index is 721. The molecule has 0 atom stereocenters. The second kappa shape index (κ2) is 7.19. The highest BCUT2D eigenvalue weighted by Crippen LogP contribution is 2.12. The molecule has 0 unspecified atom stereocenters. The smallest absolute Gasteiger partial charge is 0.238 e. The number of likely N-dealkylation sites (N-methyl/N-ethyl adjacent to an activating group) is 1. The van der Waals surface area contributed by atoms with Crippen molar-refractivity contribution in [2.45, 2.75) is 20.4 Å². The number of nitrogens with one attached hydrogen (secondary N) is 1.